The van der Waals surface area contributed by atoms with Gasteiger partial charge >= 0.3 is 5.91 Å². The SMILES string of the molecule is O=C(c1ccc(Nc2nc(-c3ccccc3)nc3ccccc23)cc1)[n+]1nc([S-])sc1-c1cc([N+](=O)[O-])ccc1Cl. The first kappa shape index (κ1) is 26.4. The van der Waals surface area contributed by atoms with Gasteiger partial charge in [-0.05, 0) is 52.2 Å². The smallest absolute Gasteiger partial charge is 0.402 e. The fraction of sp³-hybridized carbons (Fsp3) is 0. The van der Waals surface area contributed by atoms with Crippen molar-refractivity contribution in [3.05, 3.63) is 118 Å². The van der Waals surface area contributed by atoms with Gasteiger partial charge in [0.25, 0.3) is 5.69 Å². The second kappa shape index (κ2) is 11.0. The number of carbonyl (C=O) groups is 1. The van der Waals surface area contributed by atoms with E-state index in [9.17, 15) is 14.9 Å². The summed E-state index contributed by atoms with van der Waals surface area (Å²) < 4.78 is 1.32. The largest absolute Gasteiger partial charge is 0.449 e. The van der Waals surface area contributed by atoms with E-state index in [1.54, 1.807) is 24.3 Å². The zero-order chi connectivity index (χ0) is 28.5. The van der Waals surface area contributed by atoms with Gasteiger partial charge in [0.2, 0.25) is 5.01 Å². The molecule has 200 valence electrons. The Morgan fingerprint density at radius 3 is 2.44 bits per heavy atom. The molecular weight excluding hydrogens is 580 g/mol. The summed E-state index contributed by atoms with van der Waals surface area (Å²) in [5.41, 5.74) is 2.86. The monoisotopic (exact) mass is 596 g/mol. The van der Waals surface area contributed by atoms with Crippen LogP contribution in [0, 0.1) is 10.1 Å². The van der Waals surface area contributed by atoms with Crippen molar-refractivity contribution in [1.82, 2.24) is 15.1 Å². The van der Waals surface area contributed by atoms with Gasteiger partial charge in [-0.2, -0.15) is 0 Å². The molecule has 0 radical (unpaired) electrons. The zero-order valence-electron chi connectivity index (χ0n) is 20.9. The Morgan fingerprint density at radius 1 is 0.951 bits per heavy atom. The molecule has 0 bridgehead atoms. The quantitative estimate of drug-likeness (QED) is 0.0989. The van der Waals surface area contributed by atoms with Crippen LogP contribution in [0.1, 0.15) is 10.4 Å². The van der Waals surface area contributed by atoms with Crippen molar-refractivity contribution in [2.24, 2.45) is 0 Å². The molecule has 0 aliphatic carbocycles. The van der Waals surface area contributed by atoms with E-state index in [1.807, 2.05) is 54.6 Å². The van der Waals surface area contributed by atoms with Gasteiger partial charge in [-0.3, -0.25) is 21.5 Å². The second-order valence-corrected chi connectivity index (χ2v) is 10.8. The Labute approximate surface area is 247 Å². The van der Waals surface area contributed by atoms with Gasteiger partial charge < -0.3 is 17.9 Å². The highest BCUT2D eigenvalue weighted by Crippen LogP contribution is 2.33. The van der Waals surface area contributed by atoms with Crippen molar-refractivity contribution in [2.75, 3.05) is 5.32 Å². The fourth-order valence-electron chi connectivity index (χ4n) is 4.21. The molecule has 6 rings (SSSR count). The molecule has 2 heterocycles. The summed E-state index contributed by atoms with van der Waals surface area (Å²) in [5.74, 6) is 0.756. The maximum Gasteiger partial charge on any atom is 0.449 e. The van der Waals surface area contributed by atoms with E-state index >= 15 is 0 Å². The highest BCUT2D eigenvalue weighted by molar-refractivity contribution is 7.62. The third kappa shape index (κ3) is 5.33. The average Bonchev–Trinajstić information content (AvgIpc) is 3.39. The summed E-state index contributed by atoms with van der Waals surface area (Å²) in [4.78, 5) is 33.7. The number of para-hydroxylation sites is 1. The van der Waals surface area contributed by atoms with Crippen LogP contribution in [0.5, 0.6) is 0 Å². The second-order valence-electron chi connectivity index (χ2n) is 8.79. The molecule has 0 saturated heterocycles. The first-order valence-corrected chi connectivity index (χ1v) is 13.8. The predicted octanol–water partition coefficient (Wildman–Crippen LogP) is 6.61. The molecule has 0 aliphatic rings. The maximum atomic E-state index is 13.5. The Morgan fingerprint density at radius 2 is 1.68 bits per heavy atom. The number of hydrogen-bond acceptors (Lipinski definition) is 9. The minimum Gasteiger partial charge on any atom is -0.402 e. The van der Waals surface area contributed by atoms with Crippen LogP contribution in [0.15, 0.2) is 101 Å². The minimum absolute atomic E-state index is 0.161. The molecule has 12 heteroatoms. The molecule has 0 aliphatic heterocycles. The van der Waals surface area contributed by atoms with Gasteiger partial charge in [0.1, 0.15) is 5.82 Å². The Balaban J connectivity index is 1.32. The molecule has 0 spiro atoms. The lowest BCUT2D eigenvalue weighted by Gasteiger charge is -2.11. The van der Waals surface area contributed by atoms with Crippen molar-refractivity contribution < 1.29 is 14.4 Å². The number of carbonyl (C=O) groups excluding carboxylic acids is 1. The lowest BCUT2D eigenvalue weighted by molar-refractivity contribution is -0.621. The van der Waals surface area contributed by atoms with E-state index in [1.165, 1.54) is 18.2 Å². The van der Waals surface area contributed by atoms with Crippen LogP contribution in [0.2, 0.25) is 5.02 Å². The summed E-state index contributed by atoms with van der Waals surface area (Å²) in [6.45, 7) is 0. The molecule has 4 aromatic carbocycles. The van der Waals surface area contributed by atoms with E-state index in [-0.39, 0.29) is 15.0 Å². The van der Waals surface area contributed by atoms with Gasteiger partial charge in [-0.1, -0.05) is 54.1 Å². The average molecular weight is 597 g/mol. The number of rotatable bonds is 6. The number of anilines is 2. The standard InChI is InChI=1S/C29H17ClN6O3S2/c30-23-15-14-20(36(38)39)16-22(23)28-35(34-29(40)41-28)27(37)18-10-12-19(13-11-18)31-26-21-8-4-5-9-24(21)32-25(33-26)17-6-2-1-3-7-17/h1-16H,(H-,31,32,33,34,37,40). The molecule has 0 atom stereocenters. The van der Waals surface area contributed by atoms with Crippen LogP contribution in [-0.2, 0) is 12.6 Å². The van der Waals surface area contributed by atoms with Gasteiger partial charge in [-0.25, -0.2) is 14.8 Å². The lowest BCUT2D eigenvalue weighted by atomic mass is 10.1. The Hall–Kier alpha value is -4.84. The number of non-ortho nitro benzene ring substituents is 1. The number of nitro groups is 1. The van der Waals surface area contributed by atoms with E-state index in [4.69, 9.17) is 34.2 Å². The number of nitro benzene ring substituents is 1. The fourth-order valence-corrected chi connectivity index (χ4v) is 5.57. The Kier molecular flexibility index (Phi) is 7.06. The first-order valence-electron chi connectivity index (χ1n) is 12.2. The number of nitrogens with zero attached hydrogens (tertiary/aromatic N) is 5. The molecule has 1 N–H and O–H groups in total. The first-order chi connectivity index (χ1) is 19.9. The van der Waals surface area contributed by atoms with E-state index in [2.05, 4.69) is 10.4 Å². The summed E-state index contributed by atoms with van der Waals surface area (Å²) in [7, 11) is 0. The molecule has 0 unspecified atom stereocenters. The number of hydrogen-bond donors (Lipinski definition) is 1. The van der Waals surface area contributed by atoms with Gasteiger partial charge in [0.05, 0.1) is 26.6 Å². The van der Waals surface area contributed by atoms with Crippen molar-refractivity contribution in [2.45, 2.75) is 4.34 Å². The normalized spacial score (nSPS) is 11.0. The number of benzene rings is 4. The lowest BCUT2D eigenvalue weighted by Crippen LogP contribution is -2.46. The number of aromatic nitrogens is 4. The molecule has 0 fully saturated rings. The number of nitrogens with one attached hydrogen (secondary N) is 1. The van der Waals surface area contributed by atoms with Gasteiger partial charge in [0, 0.05) is 33.1 Å². The third-order valence-corrected chi connectivity index (χ3v) is 7.68. The molecule has 41 heavy (non-hydrogen) atoms. The van der Waals surface area contributed by atoms with Crippen molar-refractivity contribution in [3.8, 4) is 22.0 Å². The van der Waals surface area contributed by atoms with Crippen molar-refractivity contribution >= 4 is 69.6 Å². The van der Waals surface area contributed by atoms with Gasteiger partial charge in [-0.15, -0.1) is 0 Å². The summed E-state index contributed by atoms with van der Waals surface area (Å²) in [6, 6.07) is 28.3. The predicted molar refractivity (Wildman–Crippen MR) is 159 cm³/mol. The van der Waals surface area contributed by atoms with Crippen LogP contribution in [0.25, 0.3) is 32.9 Å². The third-order valence-electron chi connectivity index (χ3n) is 6.17. The van der Waals surface area contributed by atoms with Crippen LogP contribution < -0.4 is 10.00 Å². The summed E-state index contributed by atoms with van der Waals surface area (Å²) in [6.07, 6.45) is 0. The van der Waals surface area contributed by atoms with Crippen LogP contribution >= 0.6 is 22.9 Å². The number of fused-ring (bicyclic) bond motifs is 1. The molecular formula is C29H17ClN6O3S2. The van der Waals surface area contributed by atoms with E-state index < -0.39 is 10.8 Å². The molecule has 6 aromatic rings. The van der Waals surface area contributed by atoms with Crippen LogP contribution in [0.3, 0.4) is 0 Å². The maximum absolute atomic E-state index is 13.5. The van der Waals surface area contributed by atoms with E-state index in [0.29, 0.717) is 33.5 Å². The molecule has 0 saturated carbocycles. The van der Waals surface area contributed by atoms with Crippen molar-refractivity contribution in [1.29, 1.82) is 0 Å². The summed E-state index contributed by atoms with van der Waals surface area (Å²) >= 11 is 12.6. The van der Waals surface area contributed by atoms with Crippen LogP contribution in [-0.4, -0.2) is 25.9 Å². The highest BCUT2D eigenvalue weighted by Gasteiger charge is 2.28. The molecule has 2 aromatic heterocycles. The topological polar surface area (TPSA) is 115 Å². The minimum atomic E-state index is -0.531. The van der Waals surface area contributed by atoms with Crippen molar-refractivity contribution in [3.63, 3.8) is 0 Å². The highest BCUT2D eigenvalue weighted by atomic mass is 35.5. The van der Waals surface area contributed by atoms with Crippen LogP contribution in [0.4, 0.5) is 17.2 Å². The number of halogens is 1. The molecule has 0 amide bonds. The Bertz CT molecular complexity index is 1950. The van der Waals surface area contributed by atoms with Gasteiger partial charge in [0.15, 0.2) is 5.82 Å². The summed E-state index contributed by atoms with van der Waals surface area (Å²) in [5, 5.41) is 20.2. The van der Waals surface area contributed by atoms with E-state index in [0.717, 1.165) is 32.5 Å². The zero-order valence-corrected chi connectivity index (χ0v) is 23.3. The molecule has 9 nitrogen and oxygen atoms in total.